The Morgan fingerprint density at radius 1 is 1.62 bits per heavy atom. The van der Waals surface area contributed by atoms with Crippen LogP contribution in [0.25, 0.3) is 0 Å². The van der Waals surface area contributed by atoms with E-state index in [1.54, 1.807) is 0 Å². The second-order valence-electron chi connectivity index (χ2n) is 1.29. The van der Waals surface area contributed by atoms with Crippen molar-refractivity contribution in [2.45, 2.75) is 6.92 Å². The minimum absolute atomic E-state index is 0.391. The molecule has 1 aliphatic heterocycles. The van der Waals surface area contributed by atoms with Gasteiger partial charge in [0.2, 0.25) is 0 Å². The average Bonchev–Trinajstić information content (AvgIpc) is 2.14. The molecule has 0 saturated carbocycles. The van der Waals surface area contributed by atoms with Crippen molar-refractivity contribution >= 4 is 11.4 Å². The summed E-state index contributed by atoms with van der Waals surface area (Å²) in [6.07, 6.45) is 0. The summed E-state index contributed by atoms with van der Waals surface area (Å²) in [7, 11) is 0. The average molecular weight is 220 g/mol. The molecule has 8 heavy (non-hydrogen) atoms. The topological polar surface area (TPSA) is 48.5 Å². The van der Waals surface area contributed by atoms with Crippen LogP contribution in [0.15, 0.2) is 6.41 Å². The standard InChI is InChI=1S/C4H3IN3/c1-3-4(2-6)8-5-7-3/h1H3/q-1. The zero-order chi connectivity index (χ0) is 5.98. The molecule has 1 aliphatic rings. The van der Waals surface area contributed by atoms with Gasteiger partial charge < -0.3 is 0 Å². The van der Waals surface area contributed by atoms with Gasteiger partial charge >= 0.3 is 57.8 Å². The zero-order valence-electron chi connectivity index (χ0n) is 4.22. The molecule has 0 atom stereocenters. The van der Waals surface area contributed by atoms with Crippen molar-refractivity contribution in [3.63, 3.8) is 0 Å². The summed E-state index contributed by atoms with van der Waals surface area (Å²) < 4.78 is 7.89. The van der Waals surface area contributed by atoms with Gasteiger partial charge in [-0.25, -0.2) is 0 Å². The first-order valence-electron chi connectivity index (χ1n) is 2.01. The van der Waals surface area contributed by atoms with Gasteiger partial charge in [0, 0.05) is 0 Å². The molecule has 0 N–H and O–H groups in total. The number of hydrogen-bond acceptors (Lipinski definition) is 3. The molecular formula is C4H3IN3-. The normalized spacial score (nSPS) is 18.0. The van der Waals surface area contributed by atoms with Crippen molar-refractivity contribution in [2.75, 3.05) is 0 Å². The maximum absolute atomic E-state index is 8.29. The Kier molecular flexibility index (Phi) is 1.58. The molecule has 0 aromatic rings. The Morgan fingerprint density at radius 3 is 2.62 bits per heavy atom. The van der Waals surface area contributed by atoms with Crippen molar-refractivity contribution in [3.05, 3.63) is 0 Å². The molecule has 0 bridgehead atoms. The summed E-state index contributed by atoms with van der Waals surface area (Å²) in [5.41, 5.74) is 1.33. The van der Waals surface area contributed by atoms with Crippen LogP contribution in [0, 0.1) is 11.3 Å². The molecule has 1 rings (SSSR count). The minimum atomic E-state index is -0.391. The molecule has 0 aliphatic carbocycles. The first-order valence-corrected chi connectivity index (χ1v) is 3.94. The van der Waals surface area contributed by atoms with Gasteiger partial charge in [0.05, 0.1) is 0 Å². The predicted octanol–water partition coefficient (Wildman–Crippen LogP) is -2.66. The first kappa shape index (κ1) is 5.69. The number of halogens is 1. The molecular weight excluding hydrogens is 217 g/mol. The Bertz CT molecular complexity index is 198. The molecule has 0 spiro atoms. The fraction of sp³-hybridized carbons (Fsp3) is 0.250. The summed E-state index contributed by atoms with van der Waals surface area (Å²) >= 11 is -0.391. The molecule has 0 aromatic carbocycles. The third-order valence-electron chi connectivity index (χ3n) is 0.735. The van der Waals surface area contributed by atoms with E-state index in [2.05, 4.69) is 6.41 Å². The molecule has 0 fully saturated rings. The molecule has 42 valence electrons. The van der Waals surface area contributed by atoms with Gasteiger partial charge in [-0.05, 0) is 0 Å². The molecule has 1 heterocycles. The van der Waals surface area contributed by atoms with E-state index in [0.29, 0.717) is 5.71 Å². The number of nitriles is 1. The van der Waals surface area contributed by atoms with E-state index in [9.17, 15) is 0 Å². The van der Waals surface area contributed by atoms with Crippen molar-refractivity contribution < 1.29 is 21.8 Å². The SMILES string of the molecule is CC1=N[I-]N=C1C#N. The Hall–Kier alpha value is -0.440. The summed E-state index contributed by atoms with van der Waals surface area (Å²) in [6.45, 7) is 1.81. The molecule has 0 amide bonds. The number of nitrogens with zero attached hydrogens (tertiary/aromatic N) is 3. The van der Waals surface area contributed by atoms with Gasteiger partial charge in [-0.3, -0.25) is 0 Å². The predicted molar refractivity (Wildman–Crippen MR) is 26.2 cm³/mol. The van der Waals surface area contributed by atoms with E-state index in [-0.39, 0.29) is 0 Å². The van der Waals surface area contributed by atoms with Crippen LogP contribution < -0.4 is 21.8 Å². The Morgan fingerprint density at radius 2 is 2.38 bits per heavy atom. The van der Waals surface area contributed by atoms with Crippen LogP contribution in [-0.4, -0.2) is 11.4 Å². The molecule has 0 radical (unpaired) electrons. The van der Waals surface area contributed by atoms with Gasteiger partial charge in [-0.2, -0.15) is 0 Å². The maximum atomic E-state index is 8.29. The van der Waals surface area contributed by atoms with E-state index in [0.717, 1.165) is 5.71 Å². The van der Waals surface area contributed by atoms with E-state index >= 15 is 0 Å². The zero-order valence-corrected chi connectivity index (χ0v) is 6.38. The summed E-state index contributed by atoms with van der Waals surface area (Å²) in [5, 5.41) is 8.29. The molecule has 0 aromatic heterocycles. The second-order valence-corrected chi connectivity index (χ2v) is 2.69. The van der Waals surface area contributed by atoms with E-state index < -0.39 is 21.8 Å². The Labute approximate surface area is 58.1 Å². The fourth-order valence-electron chi connectivity index (χ4n) is 0.314. The summed E-state index contributed by atoms with van der Waals surface area (Å²) in [6, 6.07) is 1.96. The summed E-state index contributed by atoms with van der Waals surface area (Å²) in [5.74, 6) is 0. The third kappa shape index (κ3) is 0.865. The Balaban J connectivity index is 2.86. The fourth-order valence-corrected chi connectivity index (χ4v) is 1.65. The molecule has 0 saturated heterocycles. The van der Waals surface area contributed by atoms with Crippen molar-refractivity contribution in [3.8, 4) is 6.07 Å². The van der Waals surface area contributed by atoms with Gasteiger partial charge in [-0.15, -0.1) is 0 Å². The van der Waals surface area contributed by atoms with Crippen LogP contribution in [-0.2, 0) is 0 Å². The number of rotatable bonds is 0. The van der Waals surface area contributed by atoms with E-state index in [1.807, 2.05) is 13.0 Å². The molecule has 0 unspecified atom stereocenters. The van der Waals surface area contributed by atoms with Crippen LogP contribution in [0.2, 0.25) is 0 Å². The van der Waals surface area contributed by atoms with Crippen LogP contribution in [0.4, 0.5) is 0 Å². The molecule has 4 heteroatoms. The molecule has 3 nitrogen and oxygen atoms in total. The van der Waals surface area contributed by atoms with Gasteiger partial charge in [-0.1, -0.05) is 0 Å². The number of hydrogen-bond donors (Lipinski definition) is 0. The monoisotopic (exact) mass is 220 g/mol. The van der Waals surface area contributed by atoms with Crippen molar-refractivity contribution in [1.29, 1.82) is 5.26 Å². The quantitative estimate of drug-likeness (QED) is 0.411. The van der Waals surface area contributed by atoms with Gasteiger partial charge in [0.25, 0.3) is 0 Å². The van der Waals surface area contributed by atoms with E-state index in [1.165, 1.54) is 0 Å². The summed E-state index contributed by atoms with van der Waals surface area (Å²) in [4.78, 5) is 0. The van der Waals surface area contributed by atoms with Gasteiger partial charge in [0.1, 0.15) is 0 Å². The van der Waals surface area contributed by atoms with Crippen molar-refractivity contribution in [2.24, 2.45) is 6.41 Å². The van der Waals surface area contributed by atoms with E-state index in [4.69, 9.17) is 5.26 Å². The second kappa shape index (κ2) is 2.22. The van der Waals surface area contributed by atoms with Crippen LogP contribution >= 0.6 is 0 Å². The van der Waals surface area contributed by atoms with Crippen LogP contribution in [0.3, 0.4) is 0 Å². The third-order valence-corrected chi connectivity index (χ3v) is 2.37. The van der Waals surface area contributed by atoms with Crippen LogP contribution in [0.5, 0.6) is 0 Å². The van der Waals surface area contributed by atoms with Gasteiger partial charge in [0.15, 0.2) is 0 Å². The van der Waals surface area contributed by atoms with Crippen molar-refractivity contribution in [1.82, 2.24) is 0 Å². The van der Waals surface area contributed by atoms with Crippen LogP contribution in [0.1, 0.15) is 6.92 Å². The first-order chi connectivity index (χ1) is 3.84.